The number of nitro groups is 2. The topological polar surface area (TPSA) is 162 Å². The fraction of sp³-hybridized carbons (Fsp3) is 0.154. The highest BCUT2D eigenvalue weighted by Crippen LogP contribution is 2.41. The number of H-pyrrole nitrogens is 1. The SMILES string of the molecule is COc1cc(OC)c2c(-c3ccc(Br)cc3)c(/C(=N/Oc3ccc([N+](=O)[O-])cc3[N+](=O)[O-])C(=O)N(C)C)[nH]c2c1. The third kappa shape index (κ3) is 5.42. The molecule has 13 nitrogen and oxygen atoms in total. The van der Waals surface area contributed by atoms with Crippen LogP contribution in [0.15, 0.2) is 64.2 Å². The van der Waals surface area contributed by atoms with Gasteiger partial charge in [0, 0.05) is 42.3 Å². The summed E-state index contributed by atoms with van der Waals surface area (Å²) in [6.07, 6.45) is 0. The van der Waals surface area contributed by atoms with Crippen molar-refractivity contribution in [3.63, 3.8) is 0 Å². The molecule has 0 aliphatic rings. The summed E-state index contributed by atoms with van der Waals surface area (Å²) in [6.45, 7) is 0. The van der Waals surface area contributed by atoms with Gasteiger partial charge < -0.3 is 24.2 Å². The first-order chi connectivity index (χ1) is 19.0. The number of methoxy groups -OCH3 is 2. The van der Waals surface area contributed by atoms with Crippen LogP contribution in [0.2, 0.25) is 0 Å². The Hall–Kier alpha value is -4.98. The second-order valence-corrected chi connectivity index (χ2v) is 9.45. The van der Waals surface area contributed by atoms with Gasteiger partial charge in [0.05, 0.1) is 46.7 Å². The molecule has 14 heteroatoms. The minimum atomic E-state index is -0.835. The van der Waals surface area contributed by atoms with Crippen molar-refractivity contribution in [2.75, 3.05) is 28.3 Å². The molecular formula is C26H22BrN5O8. The molecule has 0 saturated heterocycles. The maximum atomic E-state index is 13.4. The number of fused-ring (bicyclic) bond motifs is 1. The number of nitrogens with one attached hydrogen (secondary N) is 1. The number of aromatic nitrogens is 1. The second kappa shape index (κ2) is 11.4. The fourth-order valence-electron chi connectivity index (χ4n) is 3.97. The third-order valence-electron chi connectivity index (χ3n) is 5.85. The summed E-state index contributed by atoms with van der Waals surface area (Å²) in [5, 5.41) is 27.4. The quantitative estimate of drug-likeness (QED) is 0.151. The maximum Gasteiger partial charge on any atom is 0.321 e. The predicted octanol–water partition coefficient (Wildman–Crippen LogP) is 5.30. The Morgan fingerprint density at radius 2 is 1.65 bits per heavy atom. The van der Waals surface area contributed by atoms with Crippen LogP contribution in [0.5, 0.6) is 17.2 Å². The number of aromatic amines is 1. The molecule has 0 aliphatic carbocycles. The monoisotopic (exact) mass is 611 g/mol. The Labute approximate surface area is 235 Å². The van der Waals surface area contributed by atoms with E-state index in [4.69, 9.17) is 14.3 Å². The average Bonchev–Trinajstić information content (AvgIpc) is 3.31. The minimum Gasteiger partial charge on any atom is -0.497 e. The number of carbonyl (C=O) groups excluding carboxylic acids is 1. The van der Waals surface area contributed by atoms with Gasteiger partial charge in [-0.3, -0.25) is 25.0 Å². The molecule has 0 unspecified atom stereocenters. The van der Waals surface area contributed by atoms with Crippen molar-refractivity contribution in [3.8, 4) is 28.4 Å². The highest BCUT2D eigenvalue weighted by molar-refractivity contribution is 9.10. The van der Waals surface area contributed by atoms with Gasteiger partial charge >= 0.3 is 5.69 Å². The Balaban J connectivity index is 2.00. The van der Waals surface area contributed by atoms with Gasteiger partial charge in [0.15, 0.2) is 5.71 Å². The second-order valence-electron chi connectivity index (χ2n) is 8.53. The minimum absolute atomic E-state index is 0.215. The smallest absolute Gasteiger partial charge is 0.321 e. The van der Waals surface area contributed by atoms with E-state index in [1.807, 2.05) is 24.3 Å². The van der Waals surface area contributed by atoms with E-state index >= 15 is 0 Å². The molecule has 0 spiro atoms. The molecule has 40 heavy (non-hydrogen) atoms. The van der Waals surface area contributed by atoms with Crippen LogP contribution in [-0.2, 0) is 4.79 Å². The van der Waals surface area contributed by atoms with Crippen molar-refractivity contribution in [1.82, 2.24) is 9.88 Å². The molecule has 0 bridgehead atoms. The van der Waals surface area contributed by atoms with Crippen molar-refractivity contribution in [2.45, 2.75) is 0 Å². The molecule has 0 atom stereocenters. The van der Waals surface area contributed by atoms with Gasteiger partial charge in [-0.05, 0) is 23.8 Å². The Morgan fingerprint density at radius 1 is 0.950 bits per heavy atom. The van der Waals surface area contributed by atoms with E-state index in [0.29, 0.717) is 33.5 Å². The Bertz CT molecular complexity index is 1660. The summed E-state index contributed by atoms with van der Waals surface area (Å²) in [6, 6.07) is 13.6. The molecule has 4 aromatic rings. The summed E-state index contributed by atoms with van der Waals surface area (Å²) < 4.78 is 11.9. The van der Waals surface area contributed by atoms with E-state index in [0.717, 1.165) is 22.7 Å². The number of oxime groups is 1. The normalized spacial score (nSPS) is 11.3. The summed E-state index contributed by atoms with van der Waals surface area (Å²) in [7, 11) is 6.03. The van der Waals surface area contributed by atoms with Gasteiger partial charge in [0.1, 0.15) is 11.5 Å². The molecule has 1 amide bonds. The van der Waals surface area contributed by atoms with E-state index in [9.17, 15) is 25.0 Å². The lowest BCUT2D eigenvalue weighted by Crippen LogP contribution is -2.31. The predicted molar refractivity (Wildman–Crippen MR) is 150 cm³/mol. The van der Waals surface area contributed by atoms with Gasteiger partial charge in [0.2, 0.25) is 5.75 Å². The van der Waals surface area contributed by atoms with E-state index < -0.39 is 27.1 Å². The zero-order valence-electron chi connectivity index (χ0n) is 21.6. The number of hydrogen-bond donors (Lipinski definition) is 1. The molecule has 1 aromatic heterocycles. The fourth-order valence-corrected chi connectivity index (χ4v) is 4.23. The largest absolute Gasteiger partial charge is 0.497 e. The van der Waals surface area contributed by atoms with Crippen LogP contribution in [0, 0.1) is 20.2 Å². The van der Waals surface area contributed by atoms with E-state index in [2.05, 4.69) is 26.1 Å². The molecule has 0 aliphatic heterocycles. The number of amides is 1. The highest BCUT2D eigenvalue weighted by atomic mass is 79.9. The maximum absolute atomic E-state index is 13.4. The van der Waals surface area contributed by atoms with Crippen LogP contribution in [-0.4, -0.2) is 59.7 Å². The number of hydrogen-bond acceptors (Lipinski definition) is 9. The molecule has 0 radical (unpaired) electrons. The van der Waals surface area contributed by atoms with Crippen LogP contribution in [0.25, 0.3) is 22.0 Å². The zero-order chi connectivity index (χ0) is 29.1. The molecule has 0 saturated carbocycles. The lowest BCUT2D eigenvalue weighted by atomic mass is 9.99. The first kappa shape index (κ1) is 28.0. The lowest BCUT2D eigenvalue weighted by Gasteiger charge is -2.14. The summed E-state index contributed by atoms with van der Waals surface area (Å²) in [4.78, 5) is 44.4. The van der Waals surface area contributed by atoms with E-state index in [1.54, 1.807) is 12.1 Å². The Kier molecular flexibility index (Phi) is 8.00. The van der Waals surface area contributed by atoms with Crippen LogP contribution in [0.1, 0.15) is 5.69 Å². The van der Waals surface area contributed by atoms with E-state index in [-0.39, 0.29) is 17.2 Å². The first-order valence-electron chi connectivity index (χ1n) is 11.5. The number of nitrogens with zero attached hydrogens (tertiary/aromatic N) is 4. The summed E-state index contributed by atoms with van der Waals surface area (Å²) >= 11 is 3.43. The van der Waals surface area contributed by atoms with Crippen LogP contribution < -0.4 is 14.3 Å². The molecule has 206 valence electrons. The molecule has 1 N–H and O–H groups in total. The van der Waals surface area contributed by atoms with Gasteiger partial charge in [-0.15, -0.1) is 0 Å². The van der Waals surface area contributed by atoms with E-state index in [1.165, 1.54) is 33.2 Å². The molecule has 0 fully saturated rings. The van der Waals surface area contributed by atoms with Crippen LogP contribution in [0.3, 0.4) is 0 Å². The number of nitro benzene ring substituents is 2. The number of carbonyl (C=O) groups is 1. The molecule has 4 rings (SSSR count). The van der Waals surface area contributed by atoms with Crippen molar-refractivity contribution in [2.24, 2.45) is 5.16 Å². The highest BCUT2D eigenvalue weighted by Gasteiger charge is 2.28. The van der Waals surface area contributed by atoms with Crippen molar-refractivity contribution in [1.29, 1.82) is 0 Å². The first-order valence-corrected chi connectivity index (χ1v) is 12.3. The lowest BCUT2D eigenvalue weighted by molar-refractivity contribution is -0.394. The van der Waals surface area contributed by atoms with Gasteiger partial charge in [0.25, 0.3) is 11.6 Å². The van der Waals surface area contributed by atoms with Gasteiger partial charge in [-0.1, -0.05) is 33.2 Å². The molecular weight excluding hydrogens is 590 g/mol. The van der Waals surface area contributed by atoms with Gasteiger partial charge in [-0.2, -0.15) is 0 Å². The summed E-state index contributed by atoms with van der Waals surface area (Å²) in [5.74, 6) is -0.0198. The average molecular weight is 612 g/mol. The standard InChI is InChI=1S/C26H22BrN5O8/c1-30(2)26(33)25(29-40-20-10-9-16(31(34)35)11-19(20)32(36)37)24-22(14-5-7-15(27)8-6-14)23-18(28-24)12-17(38-3)13-21(23)39-4/h5-13,28H,1-4H3/b29-25-. The van der Waals surface area contributed by atoms with Crippen molar-refractivity contribution >= 4 is 49.8 Å². The third-order valence-corrected chi connectivity index (χ3v) is 6.38. The van der Waals surface area contributed by atoms with Crippen LogP contribution in [0.4, 0.5) is 11.4 Å². The number of likely N-dealkylation sites (N-methyl/N-ethyl adjacent to an activating group) is 1. The number of benzene rings is 3. The van der Waals surface area contributed by atoms with Crippen molar-refractivity contribution in [3.05, 3.63) is 85.0 Å². The van der Waals surface area contributed by atoms with Crippen LogP contribution >= 0.6 is 15.9 Å². The zero-order valence-corrected chi connectivity index (χ0v) is 23.2. The number of halogens is 1. The van der Waals surface area contributed by atoms with Gasteiger partial charge in [-0.25, -0.2) is 0 Å². The number of rotatable bonds is 9. The Morgan fingerprint density at radius 3 is 2.23 bits per heavy atom. The molecule has 1 heterocycles. The number of ether oxygens (including phenoxy) is 2. The van der Waals surface area contributed by atoms with Crippen molar-refractivity contribution < 1.29 is 29.0 Å². The summed E-state index contributed by atoms with van der Waals surface area (Å²) in [5.41, 5.74) is 0.656. The number of non-ortho nitro benzene ring substituents is 1. The molecule has 3 aromatic carbocycles.